The van der Waals surface area contributed by atoms with Gasteiger partial charge in [0.1, 0.15) is 0 Å². The summed E-state index contributed by atoms with van der Waals surface area (Å²) in [6, 6.07) is 6.27. The summed E-state index contributed by atoms with van der Waals surface area (Å²) in [6.45, 7) is 2.58. The van der Waals surface area contributed by atoms with Gasteiger partial charge in [0.25, 0.3) is 0 Å². The van der Waals surface area contributed by atoms with Crippen LogP contribution in [0.4, 0.5) is 0 Å². The van der Waals surface area contributed by atoms with Crippen LogP contribution < -0.4 is 5.90 Å². The fourth-order valence-corrected chi connectivity index (χ4v) is 2.31. The highest BCUT2D eigenvalue weighted by Crippen LogP contribution is 2.22. The number of aromatic nitrogens is 1. The molecule has 0 saturated carbocycles. The van der Waals surface area contributed by atoms with E-state index in [2.05, 4.69) is 22.0 Å². The molecule has 1 aromatic carbocycles. The van der Waals surface area contributed by atoms with Crippen molar-refractivity contribution < 1.29 is 4.84 Å². The van der Waals surface area contributed by atoms with Gasteiger partial charge in [-0.25, -0.2) is 10.9 Å². The number of hydrogen-bond acceptors (Lipinski definition) is 4. The van der Waals surface area contributed by atoms with Crippen molar-refractivity contribution in [2.45, 2.75) is 13.3 Å². The van der Waals surface area contributed by atoms with Crippen LogP contribution in [0.2, 0.25) is 0 Å². The number of hydrogen-bond donors (Lipinski definition) is 1. The van der Waals surface area contributed by atoms with Gasteiger partial charge in [-0.2, -0.15) is 0 Å². The van der Waals surface area contributed by atoms with Crippen LogP contribution in [0.1, 0.15) is 10.6 Å². The summed E-state index contributed by atoms with van der Waals surface area (Å²) in [5, 5.41) is 1.10. The third kappa shape index (κ3) is 1.92. The molecule has 2 aromatic rings. The molecule has 4 heteroatoms. The van der Waals surface area contributed by atoms with Crippen molar-refractivity contribution in [3.8, 4) is 0 Å². The quantitative estimate of drug-likeness (QED) is 0.785. The van der Waals surface area contributed by atoms with Gasteiger partial charge in [0.15, 0.2) is 0 Å². The van der Waals surface area contributed by atoms with Crippen LogP contribution in [0.5, 0.6) is 0 Å². The second kappa shape index (κ2) is 4.04. The first-order chi connectivity index (χ1) is 6.79. The average molecular weight is 208 g/mol. The molecule has 0 fully saturated rings. The molecule has 0 aliphatic rings. The topological polar surface area (TPSA) is 48.1 Å². The summed E-state index contributed by atoms with van der Waals surface area (Å²) < 4.78 is 1.23. The standard InChI is InChI=1S/C10H12N2OS/c1-7-12-9-3-2-8(4-5-13-11)6-10(9)14-7/h2-3,6H,4-5,11H2,1H3. The minimum Gasteiger partial charge on any atom is -0.304 e. The Labute approximate surface area is 86.5 Å². The highest BCUT2D eigenvalue weighted by atomic mass is 32.1. The second-order valence-corrected chi connectivity index (χ2v) is 4.39. The number of nitrogens with zero attached hydrogens (tertiary/aromatic N) is 1. The number of benzene rings is 1. The fraction of sp³-hybridized carbons (Fsp3) is 0.300. The Morgan fingerprint density at radius 2 is 2.36 bits per heavy atom. The SMILES string of the molecule is Cc1nc2ccc(CCON)cc2s1. The van der Waals surface area contributed by atoms with Crippen LogP contribution in [0.3, 0.4) is 0 Å². The monoisotopic (exact) mass is 208 g/mol. The minimum absolute atomic E-state index is 0.559. The highest BCUT2D eigenvalue weighted by Gasteiger charge is 2.01. The molecule has 14 heavy (non-hydrogen) atoms. The Balaban J connectivity index is 2.31. The molecule has 0 unspecified atom stereocenters. The molecule has 3 nitrogen and oxygen atoms in total. The summed E-state index contributed by atoms with van der Waals surface area (Å²) >= 11 is 1.72. The zero-order chi connectivity index (χ0) is 9.97. The summed E-state index contributed by atoms with van der Waals surface area (Å²) in [7, 11) is 0. The van der Waals surface area contributed by atoms with E-state index in [0.717, 1.165) is 16.9 Å². The molecule has 0 atom stereocenters. The van der Waals surface area contributed by atoms with Crippen LogP contribution in [-0.4, -0.2) is 11.6 Å². The summed E-state index contributed by atoms with van der Waals surface area (Å²) in [5.41, 5.74) is 2.32. The van der Waals surface area contributed by atoms with Gasteiger partial charge in [-0.1, -0.05) is 6.07 Å². The molecule has 1 aromatic heterocycles. The molecule has 0 spiro atoms. The molecule has 0 aliphatic heterocycles. The van der Waals surface area contributed by atoms with E-state index >= 15 is 0 Å². The molecular formula is C10H12N2OS. The van der Waals surface area contributed by atoms with E-state index < -0.39 is 0 Å². The van der Waals surface area contributed by atoms with Gasteiger partial charge in [-0.15, -0.1) is 11.3 Å². The lowest BCUT2D eigenvalue weighted by molar-refractivity contribution is 0.141. The van der Waals surface area contributed by atoms with Crippen LogP contribution in [0.15, 0.2) is 18.2 Å². The number of nitrogens with two attached hydrogens (primary N) is 1. The maximum absolute atomic E-state index is 4.98. The van der Waals surface area contributed by atoms with Gasteiger partial charge < -0.3 is 4.84 Å². The summed E-state index contributed by atoms with van der Waals surface area (Å²) in [5.74, 6) is 4.98. The molecule has 2 N–H and O–H groups in total. The zero-order valence-corrected chi connectivity index (χ0v) is 8.80. The molecular weight excluding hydrogens is 196 g/mol. The van der Waals surface area contributed by atoms with E-state index in [9.17, 15) is 0 Å². The smallest absolute Gasteiger partial charge is 0.0907 e. The van der Waals surface area contributed by atoms with E-state index in [4.69, 9.17) is 5.90 Å². The Hall–Kier alpha value is -0.970. The average Bonchev–Trinajstić information content (AvgIpc) is 2.54. The maximum atomic E-state index is 4.98. The molecule has 74 valence electrons. The molecule has 0 amide bonds. The molecule has 1 heterocycles. The number of rotatable bonds is 3. The first kappa shape index (κ1) is 9.58. The van der Waals surface area contributed by atoms with E-state index in [0.29, 0.717) is 6.61 Å². The van der Waals surface area contributed by atoms with Crippen LogP contribution in [0.25, 0.3) is 10.2 Å². The summed E-state index contributed by atoms with van der Waals surface area (Å²) in [6.07, 6.45) is 0.851. The second-order valence-electron chi connectivity index (χ2n) is 3.16. The Kier molecular flexibility index (Phi) is 2.77. The molecule has 0 aliphatic carbocycles. The number of thiazole rings is 1. The van der Waals surface area contributed by atoms with E-state index in [1.807, 2.05) is 13.0 Å². The van der Waals surface area contributed by atoms with Gasteiger partial charge in [0, 0.05) is 0 Å². The van der Waals surface area contributed by atoms with Gasteiger partial charge in [0.2, 0.25) is 0 Å². The molecule has 0 radical (unpaired) electrons. The Morgan fingerprint density at radius 3 is 3.14 bits per heavy atom. The van der Waals surface area contributed by atoms with Gasteiger partial charge >= 0.3 is 0 Å². The minimum atomic E-state index is 0.559. The lowest BCUT2D eigenvalue weighted by Gasteiger charge is -1.98. The number of aryl methyl sites for hydroxylation is 1. The van der Waals surface area contributed by atoms with Gasteiger partial charge in [-0.05, 0) is 31.0 Å². The Morgan fingerprint density at radius 1 is 1.50 bits per heavy atom. The van der Waals surface area contributed by atoms with Crippen molar-refractivity contribution >= 4 is 21.6 Å². The van der Waals surface area contributed by atoms with Crippen molar-refractivity contribution in [1.29, 1.82) is 0 Å². The molecule has 0 saturated heterocycles. The molecule has 2 rings (SSSR count). The normalized spacial score (nSPS) is 11.0. The first-order valence-electron chi connectivity index (χ1n) is 4.47. The predicted molar refractivity (Wildman–Crippen MR) is 58.2 cm³/mol. The van der Waals surface area contributed by atoms with E-state index in [1.165, 1.54) is 10.3 Å². The highest BCUT2D eigenvalue weighted by molar-refractivity contribution is 7.18. The number of fused-ring (bicyclic) bond motifs is 1. The van der Waals surface area contributed by atoms with Crippen LogP contribution >= 0.6 is 11.3 Å². The van der Waals surface area contributed by atoms with E-state index in [-0.39, 0.29) is 0 Å². The first-order valence-corrected chi connectivity index (χ1v) is 5.29. The van der Waals surface area contributed by atoms with Crippen molar-refractivity contribution in [3.63, 3.8) is 0 Å². The lowest BCUT2D eigenvalue weighted by Crippen LogP contribution is -2.03. The van der Waals surface area contributed by atoms with Crippen molar-refractivity contribution in [2.75, 3.05) is 6.61 Å². The fourth-order valence-electron chi connectivity index (χ4n) is 1.42. The predicted octanol–water partition coefficient (Wildman–Crippen LogP) is 2.04. The van der Waals surface area contributed by atoms with Gasteiger partial charge in [0.05, 0.1) is 21.8 Å². The lowest BCUT2D eigenvalue weighted by atomic mass is 10.1. The third-order valence-corrected chi connectivity index (χ3v) is 3.00. The van der Waals surface area contributed by atoms with Crippen LogP contribution in [-0.2, 0) is 11.3 Å². The largest absolute Gasteiger partial charge is 0.304 e. The summed E-state index contributed by atoms with van der Waals surface area (Å²) in [4.78, 5) is 8.95. The van der Waals surface area contributed by atoms with Crippen molar-refractivity contribution in [2.24, 2.45) is 5.90 Å². The van der Waals surface area contributed by atoms with Crippen LogP contribution in [0, 0.1) is 6.92 Å². The van der Waals surface area contributed by atoms with E-state index in [1.54, 1.807) is 11.3 Å². The van der Waals surface area contributed by atoms with Gasteiger partial charge in [-0.3, -0.25) is 0 Å². The Bertz CT molecular complexity index is 439. The van der Waals surface area contributed by atoms with Crippen molar-refractivity contribution in [3.05, 3.63) is 28.8 Å². The zero-order valence-electron chi connectivity index (χ0n) is 7.99. The third-order valence-electron chi connectivity index (χ3n) is 2.07. The van der Waals surface area contributed by atoms with Crippen molar-refractivity contribution in [1.82, 2.24) is 4.98 Å². The molecule has 0 bridgehead atoms. The maximum Gasteiger partial charge on any atom is 0.0907 e.